The highest BCUT2D eigenvalue weighted by Gasteiger charge is 2.27. The summed E-state index contributed by atoms with van der Waals surface area (Å²) in [5.41, 5.74) is 6.13. The third-order valence-electron chi connectivity index (χ3n) is 1.21. The van der Waals surface area contributed by atoms with Crippen LogP contribution in [-0.4, -0.2) is 6.00 Å². The zero-order chi connectivity index (χ0) is 8.48. The van der Waals surface area contributed by atoms with E-state index in [9.17, 15) is 0 Å². The fraction of sp³-hybridized carbons (Fsp3) is 0. The molecule has 0 heterocycles. The zero-order valence-corrected chi connectivity index (χ0v) is 8.79. The van der Waals surface area contributed by atoms with Crippen LogP contribution in [0.2, 0.25) is 0 Å². The lowest BCUT2D eigenvalue weighted by Gasteiger charge is -2.07. The van der Waals surface area contributed by atoms with Crippen molar-refractivity contribution in [2.24, 2.45) is 0 Å². The molecule has 1 rings (SSSR count). The standard InChI is InChI=1S/C6H6Cl3NSi/c7-11(8,9)6-3-1-2-5(10)4-6/h1-4H,10H2. The molecule has 0 aliphatic carbocycles. The van der Waals surface area contributed by atoms with Gasteiger partial charge in [0, 0.05) is 5.69 Å². The van der Waals surface area contributed by atoms with Gasteiger partial charge in [0.25, 0.3) is 0 Å². The summed E-state index contributed by atoms with van der Waals surface area (Å²) in [6, 6.07) is 4.27. The number of benzene rings is 1. The Hall–Kier alpha value is 0.107. The second-order valence-corrected chi connectivity index (χ2v) is 10.5. The molecule has 0 aliphatic rings. The maximum Gasteiger partial charge on any atom is 0.372 e. The maximum absolute atomic E-state index is 5.74. The van der Waals surface area contributed by atoms with Gasteiger partial charge in [-0.25, -0.2) is 0 Å². The van der Waals surface area contributed by atoms with Crippen molar-refractivity contribution in [2.45, 2.75) is 0 Å². The van der Waals surface area contributed by atoms with Crippen molar-refractivity contribution in [3.05, 3.63) is 24.3 Å². The molecule has 5 heteroatoms. The van der Waals surface area contributed by atoms with E-state index in [1.807, 2.05) is 0 Å². The first-order chi connectivity index (χ1) is 5.00. The third kappa shape index (κ3) is 2.56. The largest absolute Gasteiger partial charge is 0.399 e. The van der Waals surface area contributed by atoms with Gasteiger partial charge in [-0.1, -0.05) is 12.1 Å². The molecule has 0 aromatic heterocycles. The molecule has 0 unspecified atom stereocenters. The molecule has 0 spiro atoms. The van der Waals surface area contributed by atoms with E-state index < -0.39 is 6.00 Å². The lowest BCUT2D eigenvalue weighted by atomic mass is 10.3. The fourth-order valence-corrected chi connectivity index (χ4v) is 2.39. The first-order valence-electron chi connectivity index (χ1n) is 2.93. The molecular formula is C6H6Cl3NSi. The van der Waals surface area contributed by atoms with Crippen molar-refractivity contribution in [1.82, 2.24) is 0 Å². The van der Waals surface area contributed by atoms with Crippen LogP contribution in [0.15, 0.2) is 24.3 Å². The van der Waals surface area contributed by atoms with Crippen LogP contribution in [0.5, 0.6) is 0 Å². The van der Waals surface area contributed by atoms with Gasteiger partial charge in [0.05, 0.1) is 0 Å². The van der Waals surface area contributed by atoms with Crippen LogP contribution in [-0.2, 0) is 0 Å². The quantitative estimate of drug-likeness (QED) is 0.443. The van der Waals surface area contributed by atoms with E-state index in [2.05, 4.69) is 0 Å². The molecule has 1 nitrogen and oxygen atoms in total. The minimum atomic E-state index is -2.73. The summed E-state index contributed by atoms with van der Waals surface area (Å²) >= 11 is 17.2. The van der Waals surface area contributed by atoms with E-state index >= 15 is 0 Å². The van der Waals surface area contributed by atoms with E-state index in [1.165, 1.54) is 0 Å². The summed E-state index contributed by atoms with van der Waals surface area (Å²) in [6.45, 7) is 0. The second-order valence-electron chi connectivity index (χ2n) is 2.12. The molecule has 1 aromatic rings. The highest BCUT2D eigenvalue weighted by atomic mass is 35.8. The second kappa shape index (κ2) is 3.23. The molecule has 0 atom stereocenters. The van der Waals surface area contributed by atoms with Crippen molar-refractivity contribution in [3.8, 4) is 0 Å². The van der Waals surface area contributed by atoms with Crippen LogP contribution in [0.25, 0.3) is 0 Å². The highest BCUT2D eigenvalue weighted by Crippen LogP contribution is 2.19. The molecule has 0 saturated heterocycles. The monoisotopic (exact) mass is 225 g/mol. The molecule has 0 amide bonds. The van der Waals surface area contributed by atoms with Gasteiger partial charge in [0.15, 0.2) is 0 Å². The molecule has 0 saturated carbocycles. The van der Waals surface area contributed by atoms with Gasteiger partial charge in [0.2, 0.25) is 0 Å². The number of nitrogens with two attached hydrogens (primary N) is 1. The van der Waals surface area contributed by atoms with Crippen molar-refractivity contribution in [1.29, 1.82) is 0 Å². The van der Waals surface area contributed by atoms with Crippen molar-refractivity contribution >= 4 is 50.1 Å². The summed E-state index contributed by atoms with van der Waals surface area (Å²) in [7, 11) is 0. The topological polar surface area (TPSA) is 26.0 Å². The molecule has 0 fully saturated rings. The highest BCUT2D eigenvalue weighted by molar-refractivity contribution is 7.69. The predicted molar refractivity (Wildman–Crippen MR) is 53.8 cm³/mol. The molecular weight excluding hydrogens is 221 g/mol. The Morgan fingerprint density at radius 3 is 2.18 bits per heavy atom. The van der Waals surface area contributed by atoms with Crippen LogP contribution in [0, 0.1) is 0 Å². The predicted octanol–water partition coefficient (Wildman–Crippen LogP) is 2.13. The molecule has 60 valence electrons. The lowest BCUT2D eigenvalue weighted by Crippen LogP contribution is -2.29. The first-order valence-corrected chi connectivity index (χ1v) is 7.96. The van der Waals surface area contributed by atoms with Gasteiger partial charge >= 0.3 is 6.00 Å². The van der Waals surface area contributed by atoms with Gasteiger partial charge in [0.1, 0.15) is 0 Å². The van der Waals surface area contributed by atoms with E-state index in [1.54, 1.807) is 24.3 Å². The first kappa shape index (κ1) is 9.20. The van der Waals surface area contributed by atoms with Crippen LogP contribution < -0.4 is 10.9 Å². The lowest BCUT2D eigenvalue weighted by molar-refractivity contribution is 1.73. The molecule has 11 heavy (non-hydrogen) atoms. The number of hydrogen-bond acceptors (Lipinski definition) is 1. The Labute approximate surface area is 80.2 Å². The molecule has 0 bridgehead atoms. The fourth-order valence-electron chi connectivity index (χ4n) is 0.715. The Morgan fingerprint density at radius 1 is 1.18 bits per heavy atom. The van der Waals surface area contributed by atoms with Gasteiger partial charge in [-0.2, -0.15) is 0 Å². The summed E-state index contributed by atoms with van der Waals surface area (Å²) in [5, 5.41) is 0.725. The Kier molecular flexibility index (Phi) is 2.70. The van der Waals surface area contributed by atoms with Crippen LogP contribution >= 0.6 is 33.2 Å². The number of rotatable bonds is 1. The van der Waals surface area contributed by atoms with E-state index in [0.717, 1.165) is 5.19 Å². The SMILES string of the molecule is Nc1cccc([Si](Cl)(Cl)Cl)c1. The minimum absolute atomic E-state index is 0.626. The average Bonchev–Trinajstić information content (AvgIpc) is 1.86. The number of hydrogen-bond donors (Lipinski definition) is 1. The summed E-state index contributed by atoms with van der Waals surface area (Å²) in [4.78, 5) is 0. The number of halogens is 3. The number of nitrogen functional groups attached to an aromatic ring is 1. The molecule has 0 aliphatic heterocycles. The van der Waals surface area contributed by atoms with Gasteiger partial charge < -0.3 is 5.73 Å². The maximum atomic E-state index is 5.74. The van der Waals surface area contributed by atoms with Gasteiger partial charge in [-0.05, 0) is 17.3 Å². The van der Waals surface area contributed by atoms with Gasteiger partial charge in [-0.3, -0.25) is 0 Å². The molecule has 2 N–H and O–H groups in total. The Morgan fingerprint density at radius 2 is 1.82 bits per heavy atom. The summed E-state index contributed by atoms with van der Waals surface area (Å²) in [6.07, 6.45) is 0. The molecule has 1 aromatic carbocycles. The van der Waals surface area contributed by atoms with Crippen molar-refractivity contribution < 1.29 is 0 Å². The summed E-state index contributed by atoms with van der Waals surface area (Å²) < 4.78 is 0. The van der Waals surface area contributed by atoms with Crippen molar-refractivity contribution in [2.75, 3.05) is 5.73 Å². The Balaban J connectivity index is 3.06. The van der Waals surface area contributed by atoms with E-state index in [4.69, 9.17) is 39.0 Å². The smallest absolute Gasteiger partial charge is 0.372 e. The average molecular weight is 227 g/mol. The van der Waals surface area contributed by atoms with E-state index in [0.29, 0.717) is 5.69 Å². The van der Waals surface area contributed by atoms with Gasteiger partial charge in [-0.15, -0.1) is 33.2 Å². The number of anilines is 1. The van der Waals surface area contributed by atoms with E-state index in [-0.39, 0.29) is 0 Å². The van der Waals surface area contributed by atoms with Crippen molar-refractivity contribution in [3.63, 3.8) is 0 Å². The normalized spacial score (nSPS) is 11.5. The van der Waals surface area contributed by atoms with Crippen LogP contribution in [0.3, 0.4) is 0 Å². The minimum Gasteiger partial charge on any atom is -0.399 e. The zero-order valence-electron chi connectivity index (χ0n) is 5.52. The van der Waals surface area contributed by atoms with Crippen LogP contribution in [0.4, 0.5) is 5.69 Å². The Bertz CT molecular complexity index is 258. The third-order valence-corrected chi connectivity index (χ3v) is 4.14. The van der Waals surface area contributed by atoms with Crippen LogP contribution in [0.1, 0.15) is 0 Å². The molecule has 0 radical (unpaired) electrons. The summed E-state index contributed by atoms with van der Waals surface area (Å²) in [5.74, 6) is 0.